The highest BCUT2D eigenvalue weighted by Gasteiger charge is 2.14. The average Bonchev–Trinajstić information content (AvgIpc) is 2.59. The van der Waals surface area contributed by atoms with E-state index in [4.69, 9.17) is 38.8 Å². The first-order valence-corrected chi connectivity index (χ1v) is 9.09. The van der Waals surface area contributed by atoms with Gasteiger partial charge >= 0.3 is 5.97 Å². The first kappa shape index (κ1) is 20.2. The zero-order chi connectivity index (χ0) is 19.1. The van der Waals surface area contributed by atoms with Crippen LogP contribution < -0.4 is 15.8 Å². The van der Waals surface area contributed by atoms with E-state index in [0.717, 1.165) is 11.3 Å². The van der Waals surface area contributed by atoms with Gasteiger partial charge in [0, 0.05) is 22.7 Å². The molecule has 5 nitrogen and oxygen atoms in total. The second-order valence-corrected chi connectivity index (χ2v) is 6.76. The molecule has 7 heteroatoms. The third-order valence-electron chi connectivity index (χ3n) is 4.09. The Balaban J connectivity index is 1.97. The van der Waals surface area contributed by atoms with Gasteiger partial charge in [0.2, 0.25) is 0 Å². The third-order valence-corrected chi connectivity index (χ3v) is 4.67. The number of anilines is 2. The molecular weight excluding hydrogens is 375 g/mol. The number of hydrogen-bond acceptors (Lipinski definition) is 4. The number of hydrogen-bond donors (Lipinski definition) is 3. The topological polar surface area (TPSA) is 84.6 Å². The van der Waals surface area contributed by atoms with Crippen molar-refractivity contribution >= 4 is 40.5 Å². The van der Waals surface area contributed by atoms with Crippen LogP contribution in [0.15, 0.2) is 36.4 Å². The first-order valence-electron chi connectivity index (χ1n) is 8.33. The summed E-state index contributed by atoms with van der Waals surface area (Å²) in [6.07, 6.45) is 1.04. The van der Waals surface area contributed by atoms with Crippen LogP contribution in [0.25, 0.3) is 0 Å². The number of rotatable bonds is 9. The highest BCUT2D eigenvalue weighted by Crippen LogP contribution is 2.27. The fourth-order valence-electron chi connectivity index (χ4n) is 2.46. The van der Waals surface area contributed by atoms with Crippen molar-refractivity contribution in [3.8, 4) is 5.75 Å². The molecule has 140 valence electrons. The second kappa shape index (κ2) is 9.55. The van der Waals surface area contributed by atoms with Gasteiger partial charge in [0.25, 0.3) is 0 Å². The Kier molecular flexibility index (Phi) is 7.42. The van der Waals surface area contributed by atoms with Gasteiger partial charge in [-0.05, 0) is 42.7 Å². The SMILES string of the molecule is CCC(CCOc1ccc(N)c(NCc2ccc(Cl)cc2Cl)c1)C(=O)O. The quantitative estimate of drug-likeness (QED) is 0.515. The largest absolute Gasteiger partial charge is 0.493 e. The summed E-state index contributed by atoms with van der Waals surface area (Å²) in [4.78, 5) is 11.0. The second-order valence-electron chi connectivity index (χ2n) is 5.92. The number of ether oxygens (including phenoxy) is 1. The van der Waals surface area contributed by atoms with E-state index >= 15 is 0 Å². The molecule has 0 aliphatic rings. The summed E-state index contributed by atoms with van der Waals surface area (Å²) in [5.41, 5.74) is 8.21. The molecule has 0 aliphatic carbocycles. The fraction of sp³-hybridized carbons (Fsp3) is 0.316. The molecule has 0 saturated heterocycles. The number of nitrogens with one attached hydrogen (secondary N) is 1. The molecule has 2 aromatic rings. The Hall–Kier alpha value is -2.11. The monoisotopic (exact) mass is 396 g/mol. The summed E-state index contributed by atoms with van der Waals surface area (Å²) in [5.74, 6) is -0.562. The van der Waals surface area contributed by atoms with E-state index in [1.807, 2.05) is 13.0 Å². The molecule has 1 atom stereocenters. The van der Waals surface area contributed by atoms with Crippen molar-refractivity contribution in [1.29, 1.82) is 0 Å². The predicted octanol–water partition coefficient (Wildman–Crippen LogP) is 5.07. The molecule has 0 saturated carbocycles. The van der Waals surface area contributed by atoms with Crippen LogP contribution in [0.2, 0.25) is 10.0 Å². The van der Waals surface area contributed by atoms with Gasteiger partial charge < -0.3 is 20.9 Å². The van der Waals surface area contributed by atoms with Gasteiger partial charge in [-0.2, -0.15) is 0 Å². The average molecular weight is 397 g/mol. The molecule has 1 unspecified atom stereocenters. The van der Waals surface area contributed by atoms with E-state index in [-0.39, 0.29) is 0 Å². The maximum absolute atomic E-state index is 11.0. The van der Waals surface area contributed by atoms with E-state index in [9.17, 15) is 4.79 Å². The minimum atomic E-state index is -0.796. The molecule has 26 heavy (non-hydrogen) atoms. The molecule has 0 radical (unpaired) electrons. The molecule has 0 spiro atoms. The van der Waals surface area contributed by atoms with Crippen molar-refractivity contribution in [3.63, 3.8) is 0 Å². The molecule has 0 aliphatic heterocycles. The number of carboxylic acids is 1. The molecule has 0 heterocycles. The third kappa shape index (κ3) is 5.71. The van der Waals surface area contributed by atoms with Crippen LogP contribution in [0.1, 0.15) is 25.3 Å². The number of carbonyl (C=O) groups is 1. The van der Waals surface area contributed by atoms with Gasteiger partial charge in [-0.3, -0.25) is 4.79 Å². The lowest BCUT2D eigenvalue weighted by Gasteiger charge is -2.14. The lowest BCUT2D eigenvalue weighted by atomic mass is 10.0. The number of nitrogen functional groups attached to an aromatic ring is 1. The smallest absolute Gasteiger partial charge is 0.306 e. The Bertz CT molecular complexity index is 768. The molecule has 4 N–H and O–H groups in total. The Morgan fingerprint density at radius 3 is 2.69 bits per heavy atom. The van der Waals surface area contributed by atoms with E-state index in [1.165, 1.54) is 0 Å². The highest BCUT2D eigenvalue weighted by molar-refractivity contribution is 6.35. The van der Waals surface area contributed by atoms with E-state index in [2.05, 4.69) is 5.32 Å². The van der Waals surface area contributed by atoms with Gasteiger partial charge in [-0.25, -0.2) is 0 Å². The van der Waals surface area contributed by atoms with E-state index in [0.29, 0.717) is 47.5 Å². The maximum atomic E-state index is 11.0. The van der Waals surface area contributed by atoms with E-state index < -0.39 is 11.9 Å². The Morgan fingerprint density at radius 1 is 1.27 bits per heavy atom. The number of halogens is 2. The molecule has 0 amide bonds. The van der Waals surface area contributed by atoms with Crippen LogP contribution in [0.5, 0.6) is 5.75 Å². The van der Waals surface area contributed by atoms with Crippen LogP contribution in [-0.4, -0.2) is 17.7 Å². The van der Waals surface area contributed by atoms with Crippen LogP contribution >= 0.6 is 23.2 Å². The first-order chi connectivity index (χ1) is 12.4. The maximum Gasteiger partial charge on any atom is 0.306 e. The Labute approximate surface area is 163 Å². The highest BCUT2D eigenvalue weighted by atomic mass is 35.5. The number of benzene rings is 2. The molecule has 0 fully saturated rings. The van der Waals surface area contributed by atoms with Crippen molar-refractivity contribution < 1.29 is 14.6 Å². The minimum absolute atomic E-state index is 0.331. The standard InChI is InChI=1S/C19H22Cl2N2O3/c1-2-12(19(24)25)7-8-26-15-5-6-17(22)18(10-15)23-11-13-3-4-14(20)9-16(13)21/h3-6,9-10,12,23H,2,7-8,11,22H2,1H3,(H,24,25). The number of aliphatic carboxylic acids is 1. The lowest BCUT2D eigenvalue weighted by Crippen LogP contribution is -2.16. The van der Waals surface area contributed by atoms with Gasteiger partial charge in [0.1, 0.15) is 5.75 Å². The van der Waals surface area contributed by atoms with Gasteiger partial charge in [0.05, 0.1) is 23.9 Å². The molecule has 2 aromatic carbocycles. The number of carboxylic acid groups (broad SMARTS) is 1. The van der Waals surface area contributed by atoms with Crippen molar-refractivity contribution in [3.05, 3.63) is 52.0 Å². The predicted molar refractivity (Wildman–Crippen MR) is 106 cm³/mol. The minimum Gasteiger partial charge on any atom is -0.493 e. The van der Waals surface area contributed by atoms with Crippen LogP contribution in [0.4, 0.5) is 11.4 Å². The van der Waals surface area contributed by atoms with Crippen molar-refractivity contribution in [2.75, 3.05) is 17.7 Å². The van der Waals surface area contributed by atoms with Gasteiger partial charge in [0.15, 0.2) is 0 Å². The van der Waals surface area contributed by atoms with Gasteiger partial charge in [-0.15, -0.1) is 0 Å². The zero-order valence-electron chi connectivity index (χ0n) is 14.5. The summed E-state index contributed by atoms with van der Waals surface area (Å²) in [6, 6.07) is 10.6. The lowest BCUT2D eigenvalue weighted by molar-refractivity contribution is -0.142. The zero-order valence-corrected chi connectivity index (χ0v) is 16.0. The summed E-state index contributed by atoms with van der Waals surface area (Å²) in [6.45, 7) is 2.67. The fourth-order valence-corrected chi connectivity index (χ4v) is 2.93. The summed E-state index contributed by atoms with van der Waals surface area (Å²) < 4.78 is 5.67. The van der Waals surface area contributed by atoms with Crippen molar-refractivity contribution in [2.24, 2.45) is 5.92 Å². The molecule has 0 bridgehead atoms. The van der Waals surface area contributed by atoms with Crippen molar-refractivity contribution in [2.45, 2.75) is 26.3 Å². The molecule has 2 rings (SSSR count). The molecular formula is C19H22Cl2N2O3. The Morgan fingerprint density at radius 2 is 2.04 bits per heavy atom. The van der Waals surface area contributed by atoms with Crippen LogP contribution in [0, 0.1) is 5.92 Å². The molecule has 0 aromatic heterocycles. The van der Waals surface area contributed by atoms with Gasteiger partial charge in [-0.1, -0.05) is 36.2 Å². The summed E-state index contributed by atoms with van der Waals surface area (Å²) in [7, 11) is 0. The normalized spacial score (nSPS) is 11.8. The van der Waals surface area contributed by atoms with Crippen LogP contribution in [-0.2, 0) is 11.3 Å². The summed E-state index contributed by atoms with van der Waals surface area (Å²) in [5, 5.41) is 13.5. The van der Waals surface area contributed by atoms with E-state index in [1.54, 1.807) is 30.3 Å². The number of nitrogens with two attached hydrogens (primary N) is 1. The van der Waals surface area contributed by atoms with Crippen molar-refractivity contribution in [1.82, 2.24) is 0 Å². The van der Waals surface area contributed by atoms with Crippen LogP contribution in [0.3, 0.4) is 0 Å². The summed E-state index contributed by atoms with van der Waals surface area (Å²) >= 11 is 12.1.